The lowest BCUT2D eigenvalue weighted by atomic mass is 10.00. The number of carbonyl (C=O) groups is 18. The number of nitrogens with zero attached hydrogens (tertiary/aromatic N) is 5. The molecule has 2 aromatic heterocycles. The van der Waals surface area contributed by atoms with Gasteiger partial charge in [0.05, 0.1) is 31.4 Å². The number of rotatable bonds is 24. The van der Waals surface area contributed by atoms with Gasteiger partial charge in [-0.2, -0.15) is 0 Å². The smallest absolute Gasteiger partial charge is 0.305 e. The van der Waals surface area contributed by atoms with Gasteiger partial charge in [-0.15, -0.1) is 11.8 Å². The van der Waals surface area contributed by atoms with Gasteiger partial charge < -0.3 is 125 Å². The van der Waals surface area contributed by atoms with Crippen LogP contribution in [0.25, 0.3) is 21.8 Å². The highest BCUT2D eigenvalue weighted by Crippen LogP contribution is 2.28. The Hall–Kier alpha value is -12.8. The average molecular weight is 1830 g/mol. The number of unbranched alkanes of at least 4 members (excludes halogenated alkanes) is 2. The highest BCUT2D eigenvalue weighted by atomic mass is 32.2. The molecule has 8 rings (SSSR count). The highest BCUT2D eigenvalue weighted by molar-refractivity contribution is 8.00. The van der Waals surface area contributed by atoms with Gasteiger partial charge in [-0.25, -0.2) is 0 Å². The van der Waals surface area contributed by atoms with Crippen molar-refractivity contribution in [2.24, 2.45) is 17.4 Å². The molecule has 15 atom stereocenters. The summed E-state index contributed by atoms with van der Waals surface area (Å²) < 4.78 is 0. The van der Waals surface area contributed by atoms with Crippen molar-refractivity contribution in [2.75, 3.05) is 65.4 Å². The molecule has 5 heterocycles. The molecule has 0 bridgehead atoms. The minimum absolute atomic E-state index is 0.0469. The zero-order valence-electron chi connectivity index (χ0n) is 74.0. The van der Waals surface area contributed by atoms with E-state index in [-0.39, 0.29) is 76.0 Å². The normalized spacial score (nSPS) is 25.3. The van der Waals surface area contributed by atoms with Crippen molar-refractivity contribution < 1.29 is 112 Å². The lowest BCUT2D eigenvalue weighted by Crippen LogP contribution is -2.62. The SMILES string of the molecule is CCCC[C@H]1C(=O)N(C)[C@@H](CCCC)C(=O)N[C@@H](CCC(=O)O)C(=O)N[C@H](C(=O)NCC(N)=O)CSCC(=O)N[C@@H](Cc2ccc(O)cc2)C(=O)N(C)[C@@H](C)C(=O)N[C@@H](CC(=O)O)C(=O)N2CCC[C@H]2C(=O)N[C@@H](CN)C(=O)N[C@@H](CC(C)C)C(=O)N2C[C@H](O)C[C@H]2C(=O)N[C@@H](Cc2c[nH]c3ccccc23)C(=O)N[C@@H](CO)C(=O)N[C@@H](Cc2c[nH]c3ccccc23)C(=O)N1C. The molecular formula is C87H121N19O23S. The Morgan fingerprint density at radius 2 is 1.06 bits per heavy atom. The number of carboxylic acid groups (broad SMARTS) is 2. The fourth-order valence-electron chi connectivity index (χ4n) is 15.9. The number of carboxylic acids is 2. The third kappa shape index (κ3) is 28.1. The van der Waals surface area contributed by atoms with Crippen LogP contribution < -0.4 is 64.6 Å². The minimum Gasteiger partial charge on any atom is -0.508 e. The second kappa shape index (κ2) is 48.6. The molecular weight excluding hydrogens is 1710 g/mol. The van der Waals surface area contributed by atoms with Gasteiger partial charge in [-0.1, -0.05) is 102 Å². The first-order valence-electron chi connectivity index (χ1n) is 43.4. The number of hydrogen-bond donors (Lipinski definition) is 19. The number of likely N-dealkylation sites (N-methyl/N-ethyl adjacent to an activating group) is 3. The maximum atomic E-state index is 15.7. The zero-order valence-corrected chi connectivity index (χ0v) is 74.8. The van der Waals surface area contributed by atoms with Crippen molar-refractivity contribution >= 4 is 140 Å². The number of nitrogens with two attached hydrogens (primary N) is 2. The molecule has 708 valence electrons. The van der Waals surface area contributed by atoms with Crippen LogP contribution in [0.4, 0.5) is 0 Å². The summed E-state index contributed by atoms with van der Waals surface area (Å²) in [4.78, 5) is 271. The molecule has 3 saturated heterocycles. The lowest BCUT2D eigenvalue weighted by molar-refractivity contribution is -0.149. The molecule has 3 aliphatic heterocycles. The first-order valence-corrected chi connectivity index (χ1v) is 44.5. The van der Waals surface area contributed by atoms with Gasteiger partial charge in [-0.3, -0.25) is 86.3 Å². The van der Waals surface area contributed by atoms with Crippen LogP contribution in [0.2, 0.25) is 0 Å². The summed E-state index contributed by atoms with van der Waals surface area (Å²) in [5, 5.41) is 79.5. The summed E-state index contributed by atoms with van der Waals surface area (Å²) in [5.41, 5.74) is 14.1. The van der Waals surface area contributed by atoms with Gasteiger partial charge in [-0.05, 0) is 92.3 Å². The van der Waals surface area contributed by atoms with Crippen molar-refractivity contribution in [3.63, 3.8) is 0 Å². The topological polar surface area (TPSA) is 629 Å². The molecule has 16 amide bonds. The number of hydrogen-bond acceptors (Lipinski definition) is 23. The number of amides is 16. The average Bonchev–Trinajstić information content (AvgIpc) is 1.59. The number of primary amides is 1. The standard InChI is InChI=1S/C87H121N19O23S/c1-9-11-22-66-80(122)94-57(29-30-72(112)113)76(118)101-65(75(117)92-41-70(89)110)44-130-45-71(111)93-60(33-48-25-27-51(108)28-26-48)83(125)102(6)47(5)74(116)96-62(37-73(114)115)85(127)105-31-17-24-67(105)81(123)99-63(38-88)78(120)97-59(32-46(3)4)86(128)106-42-52(109)36-69(106)82(124)95-58(34-49-39-90-55-20-15-13-18-53(49)55)77(119)100-64(43-107)79(121)98-61(35-50-40-91-56-21-16-14-19-54(50)56)84(126)104(8)68(23-12-10-2)87(129)103(66)7/h13-16,18-21,25-28,39-40,46-47,52,57-69,90-91,107-109H,9-12,17,22-24,29-38,41-45,88H2,1-8H3,(H2,89,110)(H,92,117)(H,93,111)(H,94,122)(H,95,124)(H,96,116)(H,97,120)(H,98,121)(H,99,123)(H,100,119)(H,101,118)(H,112,113)(H,114,115)/t47-,52+,57-,58-,59-,60-,61-,62-,63-,64-,65-,66-,67-,68-,69-/m0/s1. The van der Waals surface area contributed by atoms with E-state index in [4.69, 9.17) is 11.5 Å². The van der Waals surface area contributed by atoms with Crippen molar-refractivity contribution in [3.05, 3.63) is 102 Å². The molecule has 0 radical (unpaired) electrons. The van der Waals surface area contributed by atoms with E-state index in [1.807, 2.05) is 6.92 Å². The van der Waals surface area contributed by atoms with Crippen LogP contribution in [0.5, 0.6) is 5.75 Å². The predicted molar refractivity (Wildman–Crippen MR) is 473 cm³/mol. The zero-order chi connectivity index (χ0) is 95.5. The van der Waals surface area contributed by atoms with Crippen LogP contribution >= 0.6 is 11.8 Å². The molecule has 21 N–H and O–H groups in total. The lowest BCUT2D eigenvalue weighted by Gasteiger charge is -2.36. The quantitative estimate of drug-likeness (QED) is 0.0298. The summed E-state index contributed by atoms with van der Waals surface area (Å²) in [7, 11) is 3.76. The molecule has 43 heteroatoms. The van der Waals surface area contributed by atoms with Crippen LogP contribution in [0, 0.1) is 5.92 Å². The largest absolute Gasteiger partial charge is 0.508 e. The number of aromatic nitrogens is 2. The summed E-state index contributed by atoms with van der Waals surface area (Å²) in [5.74, 6) is -20.7. The number of phenolic OH excluding ortho intramolecular Hbond substituents is 1. The van der Waals surface area contributed by atoms with E-state index in [0.717, 1.165) is 24.5 Å². The number of H-pyrrole nitrogens is 2. The number of aromatic amines is 2. The van der Waals surface area contributed by atoms with Crippen LogP contribution in [-0.4, -0.2) is 323 Å². The van der Waals surface area contributed by atoms with E-state index in [2.05, 4.69) is 63.1 Å². The molecule has 3 aromatic carbocycles. The number of aromatic hydroxyl groups is 1. The number of aliphatic hydroxyl groups excluding tert-OH is 2. The Balaban J connectivity index is 1.18. The van der Waals surface area contributed by atoms with Gasteiger partial charge in [0, 0.05) is 113 Å². The Morgan fingerprint density at radius 3 is 1.65 bits per heavy atom. The monoisotopic (exact) mass is 1830 g/mol. The molecule has 5 aromatic rings. The van der Waals surface area contributed by atoms with E-state index >= 15 is 33.6 Å². The number of phenols is 1. The minimum atomic E-state index is -1.91. The molecule has 3 fully saturated rings. The van der Waals surface area contributed by atoms with Gasteiger partial charge in [0.25, 0.3) is 0 Å². The maximum Gasteiger partial charge on any atom is 0.305 e. The predicted octanol–water partition coefficient (Wildman–Crippen LogP) is -2.74. The number of thioether (sulfide) groups is 1. The summed E-state index contributed by atoms with van der Waals surface area (Å²) in [6.45, 7) is 5.11. The Morgan fingerprint density at radius 1 is 0.546 bits per heavy atom. The van der Waals surface area contributed by atoms with E-state index in [9.17, 15) is 78.3 Å². The number of para-hydroxylation sites is 2. The molecule has 0 saturated carbocycles. The molecule has 0 spiro atoms. The fourth-order valence-corrected chi connectivity index (χ4v) is 16.8. The van der Waals surface area contributed by atoms with Crippen LogP contribution in [0.3, 0.4) is 0 Å². The molecule has 130 heavy (non-hydrogen) atoms. The Bertz CT molecular complexity index is 4910. The fraction of sp³-hybridized carbons (Fsp3) is 0.540. The summed E-state index contributed by atoms with van der Waals surface area (Å²) in [6, 6.07) is -3.37. The van der Waals surface area contributed by atoms with Crippen molar-refractivity contribution in [1.82, 2.24) is 87.6 Å². The third-order valence-electron chi connectivity index (χ3n) is 23.2. The molecule has 42 nitrogen and oxygen atoms in total. The maximum absolute atomic E-state index is 15.7. The first kappa shape index (κ1) is 103. The van der Waals surface area contributed by atoms with Crippen molar-refractivity contribution in [1.29, 1.82) is 0 Å². The number of benzene rings is 3. The second-order valence-corrected chi connectivity index (χ2v) is 34.3. The van der Waals surface area contributed by atoms with Gasteiger partial charge >= 0.3 is 11.9 Å². The van der Waals surface area contributed by atoms with Crippen LogP contribution in [-0.2, 0) is 106 Å². The van der Waals surface area contributed by atoms with E-state index in [1.54, 1.807) is 81.7 Å². The van der Waals surface area contributed by atoms with Crippen LogP contribution in [0.1, 0.15) is 135 Å². The van der Waals surface area contributed by atoms with Gasteiger partial charge in [0.1, 0.15) is 90.3 Å². The molecule has 0 unspecified atom stereocenters. The van der Waals surface area contributed by atoms with E-state index in [0.29, 0.717) is 69.5 Å². The molecule has 3 aliphatic rings. The molecule has 0 aliphatic carbocycles. The summed E-state index contributed by atoms with van der Waals surface area (Å²) >= 11 is 0.695. The van der Waals surface area contributed by atoms with Gasteiger partial charge in [0.2, 0.25) is 94.5 Å². The number of fused-ring (bicyclic) bond motifs is 4. The Labute approximate surface area is 754 Å². The van der Waals surface area contributed by atoms with Crippen molar-refractivity contribution in [3.8, 4) is 5.75 Å². The van der Waals surface area contributed by atoms with E-state index < -0.39 is 261 Å². The van der Waals surface area contributed by atoms with E-state index in [1.165, 1.54) is 52.3 Å². The second-order valence-electron chi connectivity index (χ2n) is 33.3. The summed E-state index contributed by atoms with van der Waals surface area (Å²) in [6.07, 6.45) is -0.647. The Kier molecular flexibility index (Phi) is 38.4. The number of carbonyl (C=O) groups excluding carboxylic acids is 16. The van der Waals surface area contributed by atoms with Crippen LogP contribution in [0.15, 0.2) is 85.2 Å². The third-order valence-corrected chi connectivity index (χ3v) is 24.2. The van der Waals surface area contributed by atoms with Crippen molar-refractivity contribution in [2.45, 2.75) is 228 Å². The first-order chi connectivity index (χ1) is 61.8. The number of aliphatic hydroxyl groups is 2. The highest BCUT2D eigenvalue weighted by Gasteiger charge is 2.47. The number of nitrogens with one attached hydrogen (secondary N) is 12. The van der Waals surface area contributed by atoms with Gasteiger partial charge in [0.15, 0.2) is 0 Å². The number of aliphatic carboxylic acids is 2.